The minimum atomic E-state index is -1.08. The van der Waals surface area contributed by atoms with Gasteiger partial charge in [-0.2, -0.15) is 0 Å². The molecule has 1 heterocycles. The molecule has 36 heavy (non-hydrogen) atoms. The van der Waals surface area contributed by atoms with Crippen LogP contribution < -0.4 is 0 Å². The number of rotatable bonds is 9. The third-order valence-corrected chi connectivity index (χ3v) is 8.95. The van der Waals surface area contributed by atoms with Gasteiger partial charge in [0.15, 0.2) is 0 Å². The standard InChI is InChI=1S/C30H38N2OS.CH4O/c1-22-12-13-23(2)28(20-22)26-14-16-27(17-15-26)29-21-32(25(29)4)19-9-8-18-31(5)34(33)30-11-7-6-10-24(30)3;1-2/h6-7,10-17,20,25,29H,8-9,18-19,21H2,1-5H3;2H,1H3/t25-,29?,34?;/m0./s1. The minimum Gasteiger partial charge on any atom is -0.400 e. The molecule has 1 saturated heterocycles. The second-order valence-electron chi connectivity index (χ2n) is 9.86. The zero-order valence-electron chi connectivity index (χ0n) is 22.7. The molecule has 1 fully saturated rings. The number of unbranched alkanes of at least 4 members (excludes halogenated alkanes) is 1. The van der Waals surface area contributed by atoms with Gasteiger partial charge in [-0.05, 0) is 81.0 Å². The van der Waals surface area contributed by atoms with Crippen LogP contribution in [0.25, 0.3) is 11.1 Å². The van der Waals surface area contributed by atoms with E-state index in [0.29, 0.717) is 12.0 Å². The highest BCUT2D eigenvalue weighted by Gasteiger charge is 2.35. The first-order chi connectivity index (χ1) is 17.3. The van der Waals surface area contributed by atoms with Crippen molar-refractivity contribution >= 4 is 11.0 Å². The van der Waals surface area contributed by atoms with E-state index in [1.807, 2.05) is 42.5 Å². The van der Waals surface area contributed by atoms with Crippen LogP contribution in [-0.2, 0) is 11.0 Å². The van der Waals surface area contributed by atoms with E-state index in [4.69, 9.17) is 5.11 Å². The van der Waals surface area contributed by atoms with Crippen LogP contribution in [0.3, 0.4) is 0 Å². The summed E-state index contributed by atoms with van der Waals surface area (Å²) in [6, 6.07) is 24.4. The average molecular weight is 507 g/mol. The first-order valence-corrected chi connectivity index (χ1v) is 14.0. The molecule has 3 aromatic rings. The molecule has 3 atom stereocenters. The largest absolute Gasteiger partial charge is 0.400 e. The van der Waals surface area contributed by atoms with Crippen molar-refractivity contribution in [1.82, 2.24) is 9.21 Å². The molecule has 1 aliphatic heterocycles. The van der Waals surface area contributed by atoms with Crippen molar-refractivity contribution in [2.75, 3.05) is 33.8 Å². The van der Waals surface area contributed by atoms with Crippen molar-refractivity contribution in [3.8, 4) is 11.1 Å². The zero-order chi connectivity index (χ0) is 26.2. The SMILES string of the molecule is CO.Cc1ccc(C)c(-c2ccc(C3CN(CCCCN(C)S(=O)c4ccccc4C)[C@H]3C)cc2)c1. The summed E-state index contributed by atoms with van der Waals surface area (Å²) in [7, 11) is 1.89. The predicted octanol–water partition coefficient (Wildman–Crippen LogP) is 6.11. The second-order valence-corrected chi connectivity index (χ2v) is 11.4. The lowest BCUT2D eigenvalue weighted by molar-refractivity contribution is 0.0706. The van der Waals surface area contributed by atoms with Gasteiger partial charge in [-0.3, -0.25) is 4.90 Å². The van der Waals surface area contributed by atoms with Crippen LogP contribution in [0.5, 0.6) is 0 Å². The van der Waals surface area contributed by atoms with Crippen LogP contribution in [0.4, 0.5) is 0 Å². The van der Waals surface area contributed by atoms with Gasteiger partial charge in [-0.1, -0.05) is 66.2 Å². The van der Waals surface area contributed by atoms with E-state index in [-0.39, 0.29) is 0 Å². The van der Waals surface area contributed by atoms with E-state index in [0.717, 1.165) is 50.0 Å². The predicted molar refractivity (Wildman–Crippen MR) is 153 cm³/mol. The van der Waals surface area contributed by atoms with Gasteiger partial charge in [0.25, 0.3) is 0 Å². The summed E-state index contributed by atoms with van der Waals surface area (Å²) in [6.45, 7) is 11.8. The van der Waals surface area contributed by atoms with Crippen LogP contribution in [0.2, 0.25) is 0 Å². The van der Waals surface area contributed by atoms with Crippen LogP contribution >= 0.6 is 0 Å². The normalized spacial score (nSPS) is 18.3. The number of aryl methyl sites for hydroxylation is 3. The fourth-order valence-corrected chi connectivity index (χ4v) is 6.15. The van der Waals surface area contributed by atoms with Crippen LogP contribution in [0, 0.1) is 20.8 Å². The third-order valence-electron chi connectivity index (χ3n) is 7.37. The summed E-state index contributed by atoms with van der Waals surface area (Å²) in [5.41, 5.74) is 7.82. The Morgan fingerprint density at radius 2 is 1.64 bits per heavy atom. The summed E-state index contributed by atoms with van der Waals surface area (Å²) in [6.07, 6.45) is 2.20. The fraction of sp³-hybridized carbons (Fsp3) is 0.419. The summed E-state index contributed by atoms with van der Waals surface area (Å²) < 4.78 is 14.8. The fourth-order valence-electron chi connectivity index (χ4n) is 4.98. The average Bonchev–Trinajstić information content (AvgIpc) is 2.90. The lowest BCUT2D eigenvalue weighted by Gasteiger charge is -2.47. The monoisotopic (exact) mass is 506 g/mol. The Morgan fingerprint density at radius 3 is 2.31 bits per heavy atom. The molecular weight excluding hydrogens is 464 g/mol. The van der Waals surface area contributed by atoms with Gasteiger partial charge >= 0.3 is 0 Å². The Labute approximate surface area is 220 Å². The van der Waals surface area contributed by atoms with Crippen LogP contribution in [0.15, 0.2) is 71.6 Å². The van der Waals surface area contributed by atoms with Crippen molar-refractivity contribution < 1.29 is 9.32 Å². The lowest BCUT2D eigenvalue weighted by Crippen LogP contribution is -2.53. The minimum absolute atomic E-state index is 0.574. The molecule has 0 bridgehead atoms. The molecule has 3 aromatic carbocycles. The Balaban J connectivity index is 0.00000176. The first-order valence-electron chi connectivity index (χ1n) is 12.9. The maximum absolute atomic E-state index is 12.8. The number of likely N-dealkylation sites (tertiary alicyclic amines) is 1. The van der Waals surface area contributed by atoms with E-state index in [2.05, 4.69) is 68.1 Å². The van der Waals surface area contributed by atoms with Gasteiger partial charge < -0.3 is 5.11 Å². The highest BCUT2D eigenvalue weighted by molar-refractivity contribution is 7.82. The van der Waals surface area contributed by atoms with Gasteiger partial charge in [0.2, 0.25) is 0 Å². The molecule has 1 aliphatic rings. The molecule has 0 aliphatic carbocycles. The molecule has 0 radical (unpaired) electrons. The van der Waals surface area contributed by atoms with Gasteiger partial charge in [-0.15, -0.1) is 0 Å². The van der Waals surface area contributed by atoms with Crippen molar-refractivity contribution in [2.24, 2.45) is 0 Å². The van der Waals surface area contributed by atoms with E-state index in [9.17, 15) is 4.21 Å². The molecule has 4 nitrogen and oxygen atoms in total. The number of aliphatic hydroxyl groups is 1. The lowest BCUT2D eigenvalue weighted by atomic mass is 9.82. The summed E-state index contributed by atoms with van der Waals surface area (Å²) in [4.78, 5) is 3.51. The first kappa shape index (κ1) is 28.3. The molecule has 5 heteroatoms. The van der Waals surface area contributed by atoms with E-state index in [1.54, 1.807) is 0 Å². The Hall–Kier alpha value is -2.31. The molecule has 4 rings (SSSR count). The van der Waals surface area contributed by atoms with Crippen LogP contribution in [0.1, 0.15) is 47.9 Å². The van der Waals surface area contributed by atoms with Gasteiger partial charge in [0, 0.05) is 39.2 Å². The van der Waals surface area contributed by atoms with Crippen molar-refractivity contribution in [1.29, 1.82) is 0 Å². The number of hydrogen-bond donors (Lipinski definition) is 1. The molecule has 0 amide bonds. The van der Waals surface area contributed by atoms with E-state index >= 15 is 0 Å². The Morgan fingerprint density at radius 1 is 0.944 bits per heavy atom. The third kappa shape index (κ3) is 6.71. The van der Waals surface area contributed by atoms with Gasteiger partial charge in [0.05, 0.1) is 4.90 Å². The summed E-state index contributed by atoms with van der Waals surface area (Å²) in [5.74, 6) is 0.615. The molecular formula is C31H42N2O2S. The number of nitrogens with zero attached hydrogens (tertiary/aromatic N) is 2. The molecule has 0 aromatic heterocycles. The molecule has 0 saturated carbocycles. The highest BCUT2D eigenvalue weighted by atomic mass is 32.2. The molecule has 194 valence electrons. The van der Waals surface area contributed by atoms with Crippen LogP contribution in [-0.4, -0.2) is 58.4 Å². The number of hydrogen-bond acceptors (Lipinski definition) is 3. The number of aliphatic hydroxyl groups excluding tert-OH is 1. The Bertz CT molecular complexity index is 1150. The Kier molecular flexibility index (Phi) is 10.4. The van der Waals surface area contributed by atoms with Gasteiger partial charge in [-0.25, -0.2) is 8.51 Å². The quantitative estimate of drug-likeness (QED) is 0.356. The molecule has 0 spiro atoms. The maximum Gasteiger partial charge on any atom is 0.127 e. The number of benzene rings is 3. The summed E-state index contributed by atoms with van der Waals surface area (Å²) >= 11 is 0. The van der Waals surface area contributed by atoms with Crippen molar-refractivity contribution in [3.63, 3.8) is 0 Å². The molecule has 2 unspecified atom stereocenters. The highest BCUT2D eigenvalue weighted by Crippen LogP contribution is 2.35. The van der Waals surface area contributed by atoms with Crippen molar-refractivity contribution in [3.05, 3.63) is 89.0 Å². The maximum atomic E-state index is 12.8. The summed E-state index contributed by atoms with van der Waals surface area (Å²) in [5, 5.41) is 7.00. The van der Waals surface area contributed by atoms with E-state index < -0.39 is 11.0 Å². The molecule has 1 N–H and O–H groups in total. The zero-order valence-corrected chi connectivity index (χ0v) is 23.5. The topological polar surface area (TPSA) is 43.8 Å². The smallest absolute Gasteiger partial charge is 0.127 e. The van der Waals surface area contributed by atoms with Crippen molar-refractivity contribution in [2.45, 2.75) is 57.4 Å². The second kappa shape index (κ2) is 13.3. The van der Waals surface area contributed by atoms with Gasteiger partial charge in [0.1, 0.15) is 11.0 Å². The van der Waals surface area contributed by atoms with E-state index in [1.165, 1.54) is 27.8 Å².